The van der Waals surface area contributed by atoms with E-state index in [9.17, 15) is 17.6 Å². The van der Waals surface area contributed by atoms with Crippen LogP contribution in [-0.2, 0) is 15.6 Å². The first kappa shape index (κ1) is 22.8. The maximum atomic E-state index is 13.3. The number of sulfonamides is 1. The zero-order chi connectivity index (χ0) is 23.6. The van der Waals surface area contributed by atoms with Crippen molar-refractivity contribution in [3.63, 3.8) is 0 Å². The summed E-state index contributed by atoms with van der Waals surface area (Å²) in [7, 11) is -0.922. The van der Waals surface area contributed by atoms with Gasteiger partial charge >= 0.3 is 0 Å². The molecule has 1 N–H and O–H groups in total. The van der Waals surface area contributed by atoms with Crippen LogP contribution in [0.3, 0.4) is 0 Å². The van der Waals surface area contributed by atoms with Crippen LogP contribution in [0.25, 0.3) is 0 Å². The van der Waals surface area contributed by atoms with Crippen LogP contribution in [0, 0.1) is 5.82 Å². The van der Waals surface area contributed by atoms with Gasteiger partial charge in [0.1, 0.15) is 11.6 Å². The van der Waals surface area contributed by atoms with Crippen LogP contribution >= 0.6 is 0 Å². The van der Waals surface area contributed by atoms with Gasteiger partial charge in [0.05, 0.1) is 23.2 Å². The van der Waals surface area contributed by atoms with Gasteiger partial charge in [-0.15, -0.1) is 0 Å². The molecule has 6 nitrogen and oxygen atoms in total. The van der Waals surface area contributed by atoms with Gasteiger partial charge in [0, 0.05) is 12.6 Å². The highest BCUT2D eigenvalue weighted by molar-refractivity contribution is 7.92. The molecule has 8 heteroatoms. The Bertz CT molecular complexity index is 1250. The molecule has 1 fully saturated rings. The number of benzene rings is 3. The smallest absolute Gasteiger partial charge is 0.264 e. The minimum absolute atomic E-state index is 0.0596. The molecule has 0 heterocycles. The normalized spacial score (nSPS) is 14.8. The van der Waals surface area contributed by atoms with Crippen LogP contribution in [-0.4, -0.2) is 28.5 Å². The Labute approximate surface area is 193 Å². The number of carbonyl (C=O) groups is 1. The maximum Gasteiger partial charge on any atom is 0.264 e. The lowest BCUT2D eigenvalue weighted by molar-refractivity contribution is 0.0823. The Balaban J connectivity index is 1.54. The highest BCUT2D eigenvalue weighted by atomic mass is 32.2. The van der Waals surface area contributed by atoms with Crippen LogP contribution in [0.4, 0.5) is 10.1 Å². The molecule has 0 aromatic heterocycles. The number of rotatable bonds is 7. The quantitative estimate of drug-likeness (QED) is 0.555. The third-order valence-electron chi connectivity index (χ3n) is 6.16. The number of para-hydroxylation sites is 2. The maximum absolute atomic E-state index is 13.3. The summed E-state index contributed by atoms with van der Waals surface area (Å²) in [5.74, 6) is -0.193. The van der Waals surface area contributed by atoms with Gasteiger partial charge in [-0.1, -0.05) is 24.3 Å². The summed E-state index contributed by atoms with van der Waals surface area (Å²) in [6, 6.07) is 18.8. The molecular formula is C25H25FN2O4S. The highest BCUT2D eigenvalue weighted by Gasteiger charge is 2.40. The molecule has 1 saturated carbocycles. The number of nitrogens with zero attached hydrogens (tertiary/aromatic N) is 1. The van der Waals surface area contributed by atoms with E-state index in [0.29, 0.717) is 17.0 Å². The summed E-state index contributed by atoms with van der Waals surface area (Å²) in [6.45, 7) is 0. The van der Waals surface area contributed by atoms with Gasteiger partial charge in [-0.2, -0.15) is 0 Å². The number of amides is 1. The summed E-state index contributed by atoms with van der Waals surface area (Å²) >= 11 is 0. The molecule has 0 saturated heterocycles. The molecule has 0 radical (unpaired) electrons. The van der Waals surface area contributed by atoms with E-state index in [4.69, 9.17) is 4.74 Å². The fourth-order valence-corrected chi connectivity index (χ4v) is 5.24. The number of hydrogen-bond acceptors (Lipinski definition) is 4. The first-order valence-electron chi connectivity index (χ1n) is 10.6. The van der Waals surface area contributed by atoms with Crippen LogP contribution in [0.1, 0.15) is 35.2 Å². The molecule has 0 atom stereocenters. The summed E-state index contributed by atoms with van der Waals surface area (Å²) in [6.07, 6.45) is 2.49. The summed E-state index contributed by atoms with van der Waals surface area (Å²) < 4.78 is 46.0. The summed E-state index contributed by atoms with van der Waals surface area (Å²) in [5, 5.41) is 3.07. The Morgan fingerprint density at radius 1 is 1.00 bits per heavy atom. The fourth-order valence-electron chi connectivity index (χ4n) is 4.03. The molecule has 33 heavy (non-hydrogen) atoms. The minimum Gasteiger partial charge on any atom is -0.495 e. The molecule has 1 aliphatic carbocycles. The van der Waals surface area contributed by atoms with Gasteiger partial charge in [-0.05, 0) is 73.4 Å². The zero-order valence-electron chi connectivity index (χ0n) is 18.4. The van der Waals surface area contributed by atoms with Crippen molar-refractivity contribution in [1.29, 1.82) is 0 Å². The van der Waals surface area contributed by atoms with Crippen LogP contribution in [0.5, 0.6) is 5.75 Å². The topological polar surface area (TPSA) is 75.7 Å². The van der Waals surface area contributed by atoms with E-state index in [0.717, 1.165) is 29.1 Å². The number of carbonyl (C=O) groups excluding carboxylic acids is 1. The van der Waals surface area contributed by atoms with E-state index in [1.807, 2.05) is 0 Å². The van der Waals surface area contributed by atoms with E-state index in [1.54, 1.807) is 36.4 Å². The molecule has 0 aliphatic heterocycles. The van der Waals surface area contributed by atoms with Crippen molar-refractivity contribution >= 4 is 21.6 Å². The first-order chi connectivity index (χ1) is 15.8. The highest BCUT2D eigenvalue weighted by Crippen LogP contribution is 2.41. The number of methoxy groups -OCH3 is 1. The molecule has 0 spiro atoms. The lowest BCUT2D eigenvalue weighted by atomic mass is 9.71. The zero-order valence-corrected chi connectivity index (χ0v) is 19.2. The Kier molecular flexibility index (Phi) is 6.12. The van der Waals surface area contributed by atoms with Crippen molar-refractivity contribution < 1.29 is 22.3 Å². The predicted octanol–water partition coefficient (Wildman–Crippen LogP) is 4.47. The molecule has 0 bridgehead atoms. The molecular weight excluding hydrogens is 443 g/mol. The van der Waals surface area contributed by atoms with E-state index < -0.39 is 15.6 Å². The molecule has 1 aliphatic rings. The van der Waals surface area contributed by atoms with Crippen molar-refractivity contribution in [1.82, 2.24) is 5.32 Å². The van der Waals surface area contributed by atoms with Gasteiger partial charge in [-0.25, -0.2) is 12.8 Å². The van der Waals surface area contributed by atoms with Gasteiger partial charge < -0.3 is 10.1 Å². The average molecular weight is 469 g/mol. The Hall–Kier alpha value is -3.39. The third kappa shape index (κ3) is 4.30. The lowest BCUT2D eigenvalue weighted by Crippen LogP contribution is -2.50. The second-order valence-corrected chi connectivity index (χ2v) is 10.0. The van der Waals surface area contributed by atoms with Crippen LogP contribution in [0.2, 0.25) is 0 Å². The van der Waals surface area contributed by atoms with Crippen molar-refractivity contribution in [3.05, 3.63) is 89.7 Å². The minimum atomic E-state index is -3.86. The average Bonchev–Trinajstić information content (AvgIpc) is 2.81. The summed E-state index contributed by atoms with van der Waals surface area (Å²) in [4.78, 5) is 13.0. The molecule has 0 unspecified atom stereocenters. The van der Waals surface area contributed by atoms with Crippen molar-refractivity contribution in [2.24, 2.45) is 0 Å². The fraction of sp³-hybridized carbons (Fsp3) is 0.240. The van der Waals surface area contributed by atoms with Crippen LogP contribution < -0.4 is 14.4 Å². The van der Waals surface area contributed by atoms with Crippen LogP contribution in [0.15, 0.2) is 77.7 Å². The van der Waals surface area contributed by atoms with Gasteiger partial charge in [0.2, 0.25) is 0 Å². The molecule has 3 aromatic rings. The second-order valence-electron chi connectivity index (χ2n) is 8.07. The van der Waals surface area contributed by atoms with Gasteiger partial charge in [-0.3, -0.25) is 9.10 Å². The van der Waals surface area contributed by atoms with Crippen molar-refractivity contribution in [2.45, 2.75) is 29.7 Å². The third-order valence-corrected chi connectivity index (χ3v) is 7.94. The number of nitrogens with one attached hydrogen (secondary N) is 1. The largest absolute Gasteiger partial charge is 0.495 e. The lowest BCUT2D eigenvalue weighted by Gasteiger charge is -2.43. The van der Waals surface area contributed by atoms with E-state index in [1.165, 1.54) is 50.6 Å². The number of anilines is 1. The number of halogens is 1. The summed E-state index contributed by atoms with van der Waals surface area (Å²) in [5.41, 5.74) is 1.09. The molecule has 3 aromatic carbocycles. The Morgan fingerprint density at radius 3 is 2.21 bits per heavy atom. The molecule has 1 amide bonds. The van der Waals surface area contributed by atoms with Gasteiger partial charge in [0.15, 0.2) is 0 Å². The number of ether oxygens (including phenoxy) is 1. The Morgan fingerprint density at radius 2 is 1.64 bits per heavy atom. The first-order valence-corrected chi connectivity index (χ1v) is 12.0. The SMILES string of the molecule is COc1ccccc1N(C)S(=O)(=O)c1ccc(C(=O)NC2(c3ccc(F)cc3)CCC2)cc1. The standard InChI is InChI=1S/C25H25FN2O4S/c1-28(22-6-3-4-7-23(22)32-2)33(30,31)21-14-8-18(9-15-21)24(29)27-25(16-5-17-25)19-10-12-20(26)13-11-19/h3-4,6-15H,5,16-17H2,1-2H3,(H,27,29). The van der Waals surface area contributed by atoms with E-state index in [-0.39, 0.29) is 16.6 Å². The van der Waals surface area contributed by atoms with E-state index >= 15 is 0 Å². The monoisotopic (exact) mass is 468 g/mol. The number of hydrogen-bond donors (Lipinski definition) is 1. The molecule has 4 rings (SSSR count). The van der Waals surface area contributed by atoms with E-state index in [2.05, 4.69) is 5.32 Å². The van der Waals surface area contributed by atoms with Crippen molar-refractivity contribution in [3.8, 4) is 5.75 Å². The molecule has 172 valence electrons. The van der Waals surface area contributed by atoms with Crippen molar-refractivity contribution in [2.75, 3.05) is 18.5 Å². The predicted molar refractivity (Wildman–Crippen MR) is 124 cm³/mol. The second kappa shape index (κ2) is 8.86. The van der Waals surface area contributed by atoms with Gasteiger partial charge in [0.25, 0.3) is 15.9 Å².